The van der Waals surface area contributed by atoms with E-state index in [4.69, 9.17) is 11.6 Å². The van der Waals surface area contributed by atoms with Crippen LogP contribution in [0.2, 0.25) is 5.15 Å². The maximum Gasteiger partial charge on any atom is 0.306 e. The highest BCUT2D eigenvalue weighted by Gasteiger charge is 2.15. The predicted molar refractivity (Wildman–Crippen MR) is 67.1 cm³/mol. The fraction of sp³-hybridized carbons (Fsp3) is 0.273. The molecule has 0 aliphatic carbocycles. The Morgan fingerprint density at radius 1 is 1.44 bits per heavy atom. The molecule has 0 amide bonds. The topological polar surface area (TPSA) is 73.8 Å². The Labute approximate surface area is 108 Å². The van der Waals surface area contributed by atoms with Crippen LogP contribution in [0.5, 0.6) is 0 Å². The lowest BCUT2D eigenvalue weighted by Gasteiger charge is -2.05. The van der Waals surface area contributed by atoms with Gasteiger partial charge in [-0.1, -0.05) is 18.5 Å². The van der Waals surface area contributed by atoms with Crippen LogP contribution in [0.4, 0.5) is 5.69 Å². The molecule has 0 fully saturated rings. The third-order valence-electron chi connectivity index (χ3n) is 2.47. The van der Waals surface area contributed by atoms with Crippen LogP contribution in [-0.2, 0) is 6.42 Å². The van der Waals surface area contributed by atoms with Crippen LogP contribution in [0.1, 0.15) is 18.4 Å². The highest BCUT2D eigenvalue weighted by molar-refractivity contribution is 6.31. The smallest absolute Gasteiger partial charge is 0.288 e. The van der Waals surface area contributed by atoms with Crippen molar-refractivity contribution in [2.24, 2.45) is 0 Å². The quantitative estimate of drug-likeness (QED) is 0.486. The summed E-state index contributed by atoms with van der Waals surface area (Å²) >= 11 is 5.79. The van der Waals surface area contributed by atoms with Crippen LogP contribution >= 0.6 is 11.6 Å². The Balaban J connectivity index is 2.51. The minimum Gasteiger partial charge on any atom is -0.288 e. The molecule has 0 bridgehead atoms. The number of aryl methyl sites for hydroxylation is 2. The molecule has 2 aromatic rings. The largest absolute Gasteiger partial charge is 0.306 e. The van der Waals surface area contributed by atoms with Gasteiger partial charge in [-0.15, -0.1) is 0 Å². The van der Waals surface area contributed by atoms with Crippen molar-refractivity contribution in [1.82, 2.24) is 14.5 Å². The van der Waals surface area contributed by atoms with Gasteiger partial charge in [-0.2, -0.15) is 0 Å². The minimum atomic E-state index is -0.557. The van der Waals surface area contributed by atoms with Crippen molar-refractivity contribution in [3.8, 4) is 5.82 Å². The molecule has 7 heteroatoms. The van der Waals surface area contributed by atoms with Gasteiger partial charge in [0.2, 0.25) is 5.15 Å². The third kappa shape index (κ3) is 2.19. The van der Waals surface area contributed by atoms with E-state index < -0.39 is 4.92 Å². The molecule has 6 nitrogen and oxygen atoms in total. The van der Waals surface area contributed by atoms with Crippen molar-refractivity contribution in [1.29, 1.82) is 0 Å². The van der Waals surface area contributed by atoms with Gasteiger partial charge in [0.1, 0.15) is 11.6 Å². The van der Waals surface area contributed by atoms with E-state index in [-0.39, 0.29) is 10.8 Å². The fourth-order valence-electron chi connectivity index (χ4n) is 1.68. The first-order valence-electron chi connectivity index (χ1n) is 5.39. The van der Waals surface area contributed by atoms with Crippen LogP contribution in [0.3, 0.4) is 0 Å². The molecule has 0 aliphatic rings. The molecule has 18 heavy (non-hydrogen) atoms. The van der Waals surface area contributed by atoms with Crippen molar-refractivity contribution in [3.63, 3.8) is 0 Å². The first kappa shape index (κ1) is 12.5. The van der Waals surface area contributed by atoms with Crippen molar-refractivity contribution in [2.45, 2.75) is 20.3 Å². The van der Waals surface area contributed by atoms with Gasteiger partial charge in [0, 0.05) is 18.7 Å². The van der Waals surface area contributed by atoms with Crippen LogP contribution < -0.4 is 0 Å². The second-order valence-corrected chi connectivity index (χ2v) is 4.12. The molecular weight excluding hydrogens is 256 g/mol. The zero-order valence-corrected chi connectivity index (χ0v) is 10.7. The molecule has 2 rings (SSSR count). The van der Waals surface area contributed by atoms with E-state index in [0.717, 1.165) is 17.9 Å². The lowest BCUT2D eigenvalue weighted by atomic mass is 10.4. The van der Waals surface area contributed by atoms with E-state index in [9.17, 15) is 10.1 Å². The lowest BCUT2D eigenvalue weighted by molar-refractivity contribution is -0.385. The van der Waals surface area contributed by atoms with Gasteiger partial charge in [0.25, 0.3) is 0 Å². The van der Waals surface area contributed by atoms with E-state index in [1.807, 2.05) is 20.0 Å². The van der Waals surface area contributed by atoms with Crippen molar-refractivity contribution >= 4 is 17.3 Å². The molecule has 2 aromatic heterocycles. The van der Waals surface area contributed by atoms with Crippen molar-refractivity contribution in [2.75, 3.05) is 0 Å². The Morgan fingerprint density at radius 2 is 2.17 bits per heavy atom. The molecule has 0 saturated carbocycles. The molecular formula is C11H11ClN4O2. The van der Waals surface area contributed by atoms with Crippen LogP contribution in [0.25, 0.3) is 5.82 Å². The average molecular weight is 267 g/mol. The van der Waals surface area contributed by atoms with Gasteiger partial charge in [-0.25, -0.2) is 9.97 Å². The summed E-state index contributed by atoms with van der Waals surface area (Å²) in [5.74, 6) is 1.37. The van der Waals surface area contributed by atoms with E-state index in [2.05, 4.69) is 9.97 Å². The van der Waals surface area contributed by atoms with E-state index in [0.29, 0.717) is 5.82 Å². The number of hydrogen-bond donors (Lipinski definition) is 0. The van der Waals surface area contributed by atoms with Gasteiger partial charge in [-0.3, -0.25) is 14.7 Å². The van der Waals surface area contributed by atoms with Crippen molar-refractivity contribution in [3.05, 3.63) is 45.1 Å². The molecule has 0 spiro atoms. The summed E-state index contributed by atoms with van der Waals surface area (Å²) in [6.07, 6.45) is 2.56. The van der Waals surface area contributed by atoms with E-state index >= 15 is 0 Å². The first-order chi connectivity index (χ1) is 8.52. The van der Waals surface area contributed by atoms with Gasteiger partial charge >= 0.3 is 5.69 Å². The molecule has 0 aromatic carbocycles. The number of rotatable bonds is 3. The summed E-state index contributed by atoms with van der Waals surface area (Å²) in [5, 5.41) is 10.5. The van der Waals surface area contributed by atoms with Crippen LogP contribution in [-0.4, -0.2) is 19.5 Å². The SMILES string of the molecule is CCc1nc(C)cn1-c1ccc([N+](=O)[O-])c(Cl)n1. The number of nitro groups is 1. The van der Waals surface area contributed by atoms with Crippen molar-refractivity contribution < 1.29 is 4.92 Å². The molecule has 0 saturated heterocycles. The summed E-state index contributed by atoms with van der Waals surface area (Å²) in [6.45, 7) is 3.86. The zero-order chi connectivity index (χ0) is 13.3. The number of pyridine rings is 1. The Hall–Kier alpha value is -1.95. The van der Waals surface area contributed by atoms with Gasteiger partial charge < -0.3 is 0 Å². The second kappa shape index (κ2) is 4.73. The van der Waals surface area contributed by atoms with E-state index in [1.165, 1.54) is 6.07 Å². The highest BCUT2D eigenvalue weighted by Crippen LogP contribution is 2.23. The number of aromatic nitrogens is 3. The molecule has 0 atom stereocenters. The maximum absolute atomic E-state index is 10.7. The van der Waals surface area contributed by atoms with Gasteiger partial charge in [-0.05, 0) is 13.0 Å². The predicted octanol–water partition coefficient (Wildman–Crippen LogP) is 2.70. The summed E-state index contributed by atoms with van der Waals surface area (Å²) in [6, 6.07) is 2.91. The van der Waals surface area contributed by atoms with Gasteiger partial charge in [0.05, 0.1) is 10.6 Å². The monoisotopic (exact) mass is 266 g/mol. The molecule has 2 heterocycles. The summed E-state index contributed by atoms with van der Waals surface area (Å²) in [4.78, 5) is 18.5. The third-order valence-corrected chi connectivity index (χ3v) is 2.75. The van der Waals surface area contributed by atoms with Gasteiger partial charge in [0.15, 0.2) is 0 Å². The average Bonchev–Trinajstić information content (AvgIpc) is 2.69. The maximum atomic E-state index is 10.7. The number of halogens is 1. The number of imidazole rings is 1. The molecule has 0 radical (unpaired) electrons. The molecule has 0 N–H and O–H groups in total. The molecule has 0 aliphatic heterocycles. The Bertz CT molecular complexity index is 609. The lowest BCUT2D eigenvalue weighted by Crippen LogP contribution is -2.02. The molecule has 0 unspecified atom stereocenters. The van der Waals surface area contributed by atoms with Crippen LogP contribution in [0, 0.1) is 17.0 Å². The minimum absolute atomic E-state index is 0.120. The number of nitrogens with zero attached hydrogens (tertiary/aromatic N) is 4. The second-order valence-electron chi connectivity index (χ2n) is 3.76. The molecule has 94 valence electrons. The summed E-state index contributed by atoms with van der Waals surface area (Å²) in [7, 11) is 0. The Morgan fingerprint density at radius 3 is 2.72 bits per heavy atom. The first-order valence-corrected chi connectivity index (χ1v) is 5.77. The zero-order valence-electron chi connectivity index (χ0n) is 9.92. The van der Waals surface area contributed by atoms with E-state index in [1.54, 1.807) is 10.6 Å². The standard InChI is InChI=1S/C11H11ClN4O2/c1-3-9-13-7(2)6-15(9)10-5-4-8(16(17)18)11(12)14-10/h4-6H,3H2,1-2H3. The normalized spacial score (nSPS) is 10.6. The number of hydrogen-bond acceptors (Lipinski definition) is 4. The highest BCUT2D eigenvalue weighted by atomic mass is 35.5. The Kier molecular flexibility index (Phi) is 3.29. The van der Waals surface area contributed by atoms with Crippen LogP contribution in [0.15, 0.2) is 18.3 Å². The summed E-state index contributed by atoms with van der Waals surface area (Å²) in [5.41, 5.74) is 0.665. The summed E-state index contributed by atoms with van der Waals surface area (Å²) < 4.78 is 1.78. The fourth-order valence-corrected chi connectivity index (χ4v) is 1.90.